The first-order valence-corrected chi connectivity index (χ1v) is 13.0. The Balaban J connectivity index is 1.13. The van der Waals surface area contributed by atoms with Crippen LogP contribution in [0.4, 0.5) is 5.82 Å². The van der Waals surface area contributed by atoms with Crippen LogP contribution in [0.3, 0.4) is 0 Å². The first kappa shape index (κ1) is 23.2. The van der Waals surface area contributed by atoms with Crippen molar-refractivity contribution in [1.29, 1.82) is 5.26 Å². The summed E-state index contributed by atoms with van der Waals surface area (Å²) in [7, 11) is 1.90. The van der Waals surface area contributed by atoms with Gasteiger partial charge in [-0.2, -0.15) is 15.5 Å². The molecule has 2 atom stereocenters. The van der Waals surface area contributed by atoms with Crippen molar-refractivity contribution in [2.75, 3.05) is 18.0 Å². The molecule has 1 aromatic carbocycles. The molecule has 0 N–H and O–H groups in total. The Morgan fingerprint density at radius 2 is 1.77 bits per heavy atom. The van der Waals surface area contributed by atoms with Crippen LogP contribution in [0.1, 0.15) is 23.1 Å². The van der Waals surface area contributed by atoms with E-state index >= 15 is 0 Å². The van der Waals surface area contributed by atoms with E-state index in [1.165, 1.54) is 12.0 Å². The van der Waals surface area contributed by atoms with Crippen LogP contribution < -0.4 is 4.90 Å². The van der Waals surface area contributed by atoms with Gasteiger partial charge in [-0.25, -0.2) is 9.50 Å². The van der Waals surface area contributed by atoms with Crippen molar-refractivity contribution >= 4 is 11.3 Å². The molecule has 0 radical (unpaired) electrons. The second-order valence-corrected chi connectivity index (χ2v) is 10.4. The van der Waals surface area contributed by atoms with Crippen LogP contribution in [0.15, 0.2) is 73.4 Å². The fraction of sp³-hybridized carbons (Fsp3) is 0.226. The number of hydrogen-bond donors (Lipinski definition) is 0. The number of terminal acetylenes is 1. The van der Waals surface area contributed by atoms with Gasteiger partial charge in [0, 0.05) is 85.2 Å². The molecule has 0 aliphatic carbocycles. The molecule has 3 aliphatic rings. The second kappa shape index (κ2) is 9.13. The van der Waals surface area contributed by atoms with Gasteiger partial charge in [-0.3, -0.25) is 9.58 Å². The molecule has 0 amide bonds. The molecular formula is C31H26N8. The maximum atomic E-state index is 9.72. The predicted molar refractivity (Wildman–Crippen MR) is 150 cm³/mol. The molecule has 4 aromatic heterocycles. The van der Waals surface area contributed by atoms with E-state index in [1.807, 2.05) is 44.0 Å². The fourth-order valence-corrected chi connectivity index (χ4v) is 5.93. The molecule has 0 saturated carbocycles. The number of pyridine rings is 2. The number of rotatable bonds is 5. The molecule has 2 unspecified atom stereocenters. The van der Waals surface area contributed by atoms with Crippen LogP contribution in [0.25, 0.3) is 27.8 Å². The standard InChI is InChI=1S/C31H26N8/c1-3-21-4-6-22(7-5-21)16-38-27-11-28(38)20-37(19-27)30-9-8-23(13-33-30)29-10-24(26-15-34-36(2)17-26)18-39-31(29)25(12-32)14-35-39/h1,4-10,13-15,17-18,27-28H,11,16,19-20H2,2H3. The van der Waals surface area contributed by atoms with E-state index in [9.17, 15) is 5.26 Å². The van der Waals surface area contributed by atoms with Crippen molar-refractivity contribution in [1.82, 2.24) is 29.3 Å². The van der Waals surface area contributed by atoms with Gasteiger partial charge in [0.1, 0.15) is 11.9 Å². The van der Waals surface area contributed by atoms with Crippen molar-refractivity contribution in [2.45, 2.75) is 25.0 Å². The van der Waals surface area contributed by atoms with E-state index in [-0.39, 0.29) is 0 Å². The summed E-state index contributed by atoms with van der Waals surface area (Å²) in [4.78, 5) is 9.86. The molecule has 3 aliphatic heterocycles. The minimum absolute atomic E-state index is 0.526. The molecule has 2 bridgehead atoms. The van der Waals surface area contributed by atoms with Gasteiger partial charge in [0.05, 0.1) is 23.5 Å². The SMILES string of the molecule is C#Cc1ccc(CN2C3CC2CN(c2ccc(-c4cc(-c5cnn(C)c5)cn5ncc(C#N)c45)cn2)C3)cc1. The van der Waals surface area contributed by atoms with Gasteiger partial charge in [-0.1, -0.05) is 18.1 Å². The average Bonchev–Trinajstić information content (AvgIpc) is 3.62. The van der Waals surface area contributed by atoms with Gasteiger partial charge in [-0.15, -0.1) is 6.42 Å². The van der Waals surface area contributed by atoms with E-state index in [1.54, 1.807) is 15.4 Å². The van der Waals surface area contributed by atoms with Crippen molar-refractivity contribution in [3.63, 3.8) is 0 Å². The Morgan fingerprint density at radius 1 is 0.949 bits per heavy atom. The van der Waals surface area contributed by atoms with Crippen molar-refractivity contribution in [2.24, 2.45) is 7.05 Å². The van der Waals surface area contributed by atoms with Crippen LogP contribution in [0, 0.1) is 23.7 Å². The summed E-state index contributed by atoms with van der Waals surface area (Å²) in [5, 5.41) is 18.5. The lowest BCUT2D eigenvalue weighted by atomic mass is 9.86. The highest BCUT2D eigenvalue weighted by Crippen LogP contribution is 2.36. The zero-order valence-corrected chi connectivity index (χ0v) is 21.6. The van der Waals surface area contributed by atoms with Crippen molar-refractivity contribution in [3.05, 3.63) is 90.1 Å². The monoisotopic (exact) mass is 510 g/mol. The highest BCUT2D eigenvalue weighted by atomic mass is 15.4. The minimum atomic E-state index is 0.526. The summed E-state index contributed by atoms with van der Waals surface area (Å²) in [6, 6.07) is 17.9. The first-order chi connectivity index (χ1) is 19.1. The third-order valence-corrected chi connectivity index (χ3v) is 7.98. The van der Waals surface area contributed by atoms with Crippen molar-refractivity contribution < 1.29 is 0 Å². The topological polar surface area (TPSA) is 78.3 Å². The number of nitriles is 1. The quantitative estimate of drug-likeness (QED) is 0.331. The Labute approximate surface area is 226 Å². The molecule has 7 heterocycles. The molecular weight excluding hydrogens is 484 g/mol. The van der Waals surface area contributed by atoms with Gasteiger partial charge in [-0.05, 0) is 42.3 Å². The van der Waals surface area contributed by atoms with Gasteiger partial charge in [0.25, 0.3) is 0 Å². The van der Waals surface area contributed by atoms with Crippen LogP contribution in [-0.4, -0.2) is 54.5 Å². The lowest BCUT2D eigenvalue weighted by molar-refractivity contribution is -0.00868. The zero-order chi connectivity index (χ0) is 26.5. The predicted octanol–water partition coefficient (Wildman–Crippen LogP) is 4.11. The second-order valence-electron chi connectivity index (χ2n) is 10.4. The summed E-state index contributed by atoms with van der Waals surface area (Å²) in [5.41, 5.74) is 7.39. The largest absolute Gasteiger partial charge is 0.353 e. The van der Waals surface area contributed by atoms with E-state index in [0.717, 1.165) is 58.8 Å². The van der Waals surface area contributed by atoms with Crippen LogP contribution in [0.5, 0.6) is 0 Å². The molecule has 8 rings (SSSR count). The van der Waals surface area contributed by atoms with Crippen LogP contribution in [0.2, 0.25) is 0 Å². The minimum Gasteiger partial charge on any atom is -0.353 e. The summed E-state index contributed by atoms with van der Waals surface area (Å²) >= 11 is 0. The number of benzene rings is 1. The van der Waals surface area contributed by atoms with Gasteiger partial charge >= 0.3 is 0 Å². The number of piperazine rings is 1. The number of fused-ring (bicyclic) bond motifs is 3. The molecule has 3 fully saturated rings. The Hall–Kier alpha value is -4.92. The lowest BCUT2D eigenvalue weighted by Gasteiger charge is -2.56. The Morgan fingerprint density at radius 3 is 2.44 bits per heavy atom. The molecule has 8 nitrogen and oxygen atoms in total. The smallest absolute Gasteiger partial charge is 0.128 e. The van der Waals surface area contributed by atoms with E-state index < -0.39 is 0 Å². The van der Waals surface area contributed by atoms with Crippen LogP contribution >= 0.6 is 0 Å². The maximum absolute atomic E-state index is 9.72. The van der Waals surface area contributed by atoms with Crippen molar-refractivity contribution in [3.8, 4) is 40.7 Å². The molecule has 39 heavy (non-hydrogen) atoms. The number of aryl methyl sites for hydroxylation is 1. The van der Waals surface area contributed by atoms with Crippen LogP contribution in [-0.2, 0) is 13.6 Å². The molecule has 5 aromatic rings. The highest BCUT2D eigenvalue weighted by molar-refractivity contribution is 5.87. The number of piperidine rings is 1. The molecule has 3 saturated heterocycles. The summed E-state index contributed by atoms with van der Waals surface area (Å²) in [6.07, 6.45) is 16.0. The van der Waals surface area contributed by atoms with Gasteiger partial charge in [0.2, 0.25) is 0 Å². The van der Waals surface area contributed by atoms with E-state index in [0.29, 0.717) is 17.6 Å². The first-order valence-electron chi connectivity index (χ1n) is 13.0. The number of aromatic nitrogens is 5. The fourth-order valence-electron chi connectivity index (χ4n) is 5.93. The van der Waals surface area contributed by atoms with E-state index in [2.05, 4.69) is 62.3 Å². The third kappa shape index (κ3) is 4.03. The number of anilines is 1. The molecule has 0 spiro atoms. The normalized spacial score (nSPS) is 18.5. The van der Waals surface area contributed by atoms with Gasteiger partial charge < -0.3 is 4.90 Å². The molecule has 8 heteroatoms. The Kier molecular flexibility index (Phi) is 5.43. The highest BCUT2D eigenvalue weighted by Gasteiger charge is 2.44. The number of nitrogens with zero attached hydrogens (tertiary/aromatic N) is 8. The van der Waals surface area contributed by atoms with E-state index in [4.69, 9.17) is 11.4 Å². The number of hydrogen-bond acceptors (Lipinski definition) is 6. The summed E-state index contributed by atoms with van der Waals surface area (Å²) < 4.78 is 3.55. The van der Waals surface area contributed by atoms with Gasteiger partial charge in [0.15, 0.2) is 0 Å². The third-order valence-electron chi connectivity index (χ3n) is 7.98. The summed E-state index contributed by atoms with van der Waals surface area (Å²) in [5.74, 6) is 3.67. The zero-order valence-electron chi connectivity index (χ0n) is 21.6. The Bertz CT molecular complexity index is 1750. The summed E-state index contributed by atoms with van der Waals surface area (Å²) in [6.45, 7) is 2.89. The molecule has 190 valence electrons. The average molecular weight is 511 g/mol. The lowest BCUT2D eigenvalue weighted by Crippen LogP contribution is -2.68. The maximum Gasteiger partial charge on any atom is 0.128 e.